The lowest BCUT2D eigenvalue weighted by Gasteiger charge is -2.11. The second-order valence-corrected chi connectivity index (χ2v) is 13.3. The third-order valence-electron chi connectivity index (χ3n) is 10.5. The molecule has 51 heavy (non-hydrogen) atoms. The van der Waals surface area contributed by atoms with Crippen molar-refractivity contribution >= 4 is 65.6 Å². The Bertz CT molecular complexity index is 3070. The van der Waals surface area contributed by atoms with Crippen molar-refractivity contribution in [1.82, 2.24) is 9.13 Å². The van der Waals surface area contributed by atoms with Gasteiger partial charge in [0.1, 0.15) is 11.2 Å². The third-order valence-corrected chi connectivity index (χ3v) is 10.5. The Morgan fingerprint density at radius 2 is 0.824 bits per heavy atom. The average Bonchev–Trinajstić information content (AvgIpc) is 3.86. The number of aromatic nitrogens is 2. The SMILES string of the molecule is c1cc(-c2ccc(-c3ccc(-n4c5ccccc5c5c6c(ccc54)oc4ccccc46)cc3)cc2)cc(-n2c3ccccc3c3ccccc32)c1. The van der Waals surface area contributed by atoms with Crippen LogP contribution in [0.3, 0.4) is 0 Å². The van der Waals surface area contributed by atoms with E-state index in [1.165, 1.54) is 71.3 Å². The van der Waals surface area contributed by atoms with E-state index in [9.17, 15) is 0 Å². The molecule has 0 aliphatic carbocycles. The zero-order valence-electron chi connectivity index (χ0n) is 27.6. The van der Waals surface area contributed by atoms with Crippen molar-refractivity contribution in [2.45, 2.75) is 0 Å². The molecule has 0 atom stereocenters. The lowest BCUT2D eigenvalue weighted by molar-refractivity contribution is 0.669. The Morgan fingerprint density at radius 1 is 0.294 bits per heavy atom. The molecule has 11 aromatic rings. The number of rotatable bonds is 4. The van der Waals surface area contributed by atoms with Gasteiger partial charge in [0, 0.05) is 43.7 Å². The molecule has 0 amide bonds. The maximum atomic E-state index is 6.27. The fourth-order valence-corrected chi connectivity index (χ4v) is 8.24. The van der Waals surface area contributed by atoms with Crippen LogP contribution in [0.15, 0.2) is 186 Å². The fourth-order valence-electron chi connectivity index (χ4n) is 8.24. The first-order valence-corrected chi connectivity index (χ1v) is 17.4. The molecule has 0 unspecified atom stereocenters. The van der Waals surface area contributed by atoms with Crippen molar-refractivity contribution in [1.29, 1.82) is 0 Å². The smallest absolute Gasteiger partial charge is 0.136 e. The Labute approximate surface area is 293 Å². The standard InChI is InChI=1S/C48H30N2O/c1-5-16-41-37(12-1)38-13-2-6-17-42(38)50(41)36-11-9-10-34(30-36)33-22-20-31(21-23-33)32-24-26-35(27-25-32)49-43-18-7-3-14-39(43)47-44(49)28-29-46-48(47)40-15-4-8-19-45(40)51-46/h1-30H. The largest absolute Gasteiger partial charge is 0.456 e. The first-order chi connectivity index (χ1) is 25.3. The molecule has 3 heteroatoms. The van der Waals surface area contributed by atoms with Gasteiger partial charge in [-0.3, -0.25) is 0 Å². The predicted octanol–water partition coefficient (Wildman–Crippen LogP) is 13.1. The van der Waals surface area contributed by atoms with Gasteiger partial charge in [-0.25, -0.2) is 0 Å². The number of benzene rings is 8. The van der Waals surface area contributed by atoms with E-state index >= 15 is 0 Å². The van der Waals surface area contributed by atoms with Crippen molar-refractivity contribution in [3.8, 4) is 33.6 Å². The molecule has 0 bridgehead atoms. The summed E-state index contributed by atoms with van der Waals surface area (Å²) in [6, 6.07) is 65.4. The molecule has 3 aromatic heterocycles. The molecule has 0 spiro atoms. The Balaban J connectivity index is 0.958. The highest BCUT2D eigenvalue weighted by atomic mass is 16.3. The molecular weight excluding hydrogens is 621 g/mol. The maximum absolute atomic E-state index is 6.27. The van der Waals surface area contributed by atoms with Crippen molar-refractivity contribution in [2.24, 2.45) is 0 Å². The Kier molecular flexibility index (Phi) is 5.96. The van der Waals surface area contributed by atoms with Gasteiger partial charge in [-0.05, 0) is 82.9 Å². The highest BCUT2D eigenvalue weighted by Gasteiger charge is 2.18. The molecule has 0 aliphatic rings. The van der Waals surface area contributed by atoms with Gasteiger partial charge in [0.15, 0.2) is 0 Å². The molecule has 3 nitrogen and oxygen atoms in total. The van der Waals surface area contributed by atoms with Crippen LogP contribution in [0.4, 0.5) is 0 Å². The summed E-state index contributed by atoms with van der Waals surface area (Å²) in [5, 5.41) is 7.34. The normalized spacial score (nSPS) is 11.9. The highest BCUT2D eigenvalue weighted by molar-refractivity contribution is 6.27. The summed E-state index contributed by atoms with van der Waals surface area (Å²) in [5.41, 5.74) is 13.7. The number of hydrogen-bond acceptors (Lipinski definition) is 1. The summed E-state index contributed by atoms with van der Waals surface area (Å²) in [7, 11) is 0. The quantitative estimate of drug-likeness (QED) is 0.186. The monoisotopic (exact) mass is 650 g/mol. The average molecular weight is 651 g/mol. The Morgan fingerprint density at radius 3 is 1.51 bits per heavy atom. The van der Waals surface area contributed by atoms with Gasteiger partial charge >= 0.3 is 0 Å². The minimum Gasteiger partial charge on any atom is -0.456 e. The Hall–Kier alpha value is -6.84. The van der Waals surface area contributed by atoms with E-state index in [4.69, 9.17) is 4.42 Å². The van der Waals surface area contributed by atoms with E-state index in [0.29, 0.717) is 0 Å². The van der Waals surface area contributed by atoms with Crippen molar-refractivity contribution in [2.75, 3.05) is 0 Å². The number of hydrogen-bond donors (Lipinski definition) is 0. The highest BCUT2D eigenvalue weighted by Crippen LogP contribution is 2.41. The maximum Gasteiger partial charge on any atom is 0.136 e. The van der Waals surface area contributed by atoms with Gasteiger partial charge in [0.2, 0.25) is 0 Å². The topological polar surface area (TPSA) is 23.0 Å². The van der Waals surface area contributed by atoms with Crippen LogP contribution >= 0.6 is 0 Å². The lowest BCUT2D eigenvalue weighted by Crippen LogP contribution is -1.94. The van der Waals surface area contributed by atoms with Crippen LogP contribution in [0.1, 0.15) is 0 Å². The summed E-state index contributed by atoms with van der Waals surface area (Å²) in [4.78, 5) is 0. The number of furan rings is 1. The lowest BCUT2D eigenvalue weighted by atomic mass is 10.00. The summed E-state index contributed by atoms with van der Waals surface area (Å²) in [6.45, 7) is 0. The van der Waals surface area contributed by atoms with Crippen molar-refractivity contribution in [3.05, 3.63) is 182 Å². The van der Waals surface area contributed by atoms with Crippen LogP contribution in [-0.2, 0) is 0 Å². The molecular formula is C48H30N2O. The van der Waals surface area contributed by atoms with Gasteiger partial charge in [-0.2, -0.15) is 0 Å². The fraction of sp³-hybridized carbons (Fsp3) is 0. The van der Waals surface area contributed by atoms with Crippen molar-refractivity contribution < 1.29 is 4.42 Å². The van der Waals surface area contributed by atoms with Gasteiger partial charge in [-0.1, -0.05) is 121 Å². The van der Waals surface area contributed by atoms with Crippen molar-refractivity contribution in [3.63, 3.8) is 0 Å². The molecule has 0 N–H and O–H groups in total. The van der Waals surface area contributed by atoms with Crippen LogP contribution in [0.5, 0.6) is 0 Å². The molecule has 8 aromatic carbocycles. The van der Waals surface area contributed by atoms with E-state index in [2.05, 4.69) is 185 Å². The van der Waals surface area contributed by atoms with E-state index in [0.717, 1.165) is 27.9 Å². The predicted molar refractivity (Wildman–Crippen MR) is 213 cm³/mol. The van der Waals surface area contributed by atoms with E-state index < -0.39 is 0 Å². The third kappa shape index (κ3) is 4.19. The first kappa shape index (κ1) is 28.0. The molecule has 0 saturated heterocycles. The summed E-state index contributed by atoms with van der Waals surface area (Å²) < 4.78 is 11.0. The van der Waals surface area contributed by atoms with Crippen LogP contribution in [0.2, 0.25) is 0 Å². The second kappa shape index (κ2) is 10.8. The summed E-state index contributed by atoms with van der Waals surface area (Å²) in [6.07, 6.45) is 0. The van der Waals surface area contributed by atoms with Crippen LogP contribution in [-0.4, -0.2) is 9.13 Å². The molecule has 0 radical (unpaired) electrons. The first-order valence-electron chi connectivity index (χ1n) is 17.4. The molecule has 11 rings (SSSR count). The molecule has 0 fully saturated rings. The minimum atomic E-state index is 0.919. The van der Waals surface area contributed by atoms with Gasteiger partial charge < -0.3 is 13.6 Å². The zero-order chi connectivity index (χ0) is 33.5. The molecule has 0 saturated carbocycles. The van der Waals surface area contributed by atoms with E-state index in [1.54, 1.807) is 0 Å². The number of para-hydroxylation sites is 4. The van der Waals surface area contributed by atoms with Gasteiger partial charge in [0.05, 0.1) is 22.1 Å². The summed E-state index contributed by atoms with van der Waals surface area (Å²) in [5.74, 6) is 0. The number of fused-ring (bicyclic) bond motifs is 10. The molecule has 3 heterocycles. The second-order valence-electron chi connectivity index (χ2n) is 13.3. The van der Waals surface area contributed by atoms with Gasteiger partial charge in [0.25, 0.3) is 0 Å². The molecule has 0 aliphatic heterocycles. The van der Waals surface area contributed by atoms with Crippen LogP contribution in [0.25, 0.3) is 99.2 Å². The summed E-state index contributed by atoms with van der Waals surface area (Å²) >= 11 is 0. The molecule has 238 valence electrons. The number of nitrogens with zero attached hydrogens (tertiary/aromatic N) is 2. The zero-order valence-corrected chi connectivity index (χ0v) is 27.6. The van der Waals surface area contributed by atoms with E-state index in [-0.39, 0.29) is 0 Å². The van der Waals surface area contributed by atoms with E-state index in [1.807, 2.05) is 6.07 Å². The van der Waals surface area contributed by atoms with Crippen LogP contribution in [0, 0.1) is 0 Å². The van der Waals surface area contributed by atoms with Crippen LogP contribution < -0.4 is 0 Å². The van der Waals surface area contributed by atoms with Gasteiger partial charge in [-0.15, -0.1) is 0 Å². The minimum absolute atomic E-state index is 0.919.